The van der Waals surface area contributed by atoms with Crippen LogP contribution in [0.5, 0.6) is 5.75 Å². The molecular formula is C21H29NO2. The zero-order valence-electron chi connectivity index (χ0n) is 15.2. The predicted octanol–water partition coefficient (Wildman–Crippen LogP) is 4.50. The first kappa shape index (κ1) is 17.2. The van der Waals surface area contributed by atoms with Gasteiger partial charge in [0.15, 0.2) is 0 Å². The van der Waals surface area contributed by atoms with E-state index in [0.717, 1.165) is 19.3 Å². The first-order chi connectivity index (χ1) is 11.4. The molecule has 3 nitrogen and oxygen atoms in total. The van der Waals surface area contributed by atoms with Gasteiger partial charge >= 0.3 is 5.97 Å². The summed E-state index contributed by atoms with van der Waals surface area (Å²) in [5.74, 6) is 1.61. The zero-order chi connectivity index (χ0) is 17.3. The van der Waals surface area contributed by atoms with Gasteiger partial charge in [0.2, 0.25) is 0 Å². The molecule has 0 saturated heterocycles. The highest BCUT2D eigenvalue weighted by Gasteiger charge is 2.40. The summed E-state index contributed by atoms with van der Waals surface area (Å²) >= 11 is 0. The molecule has 1 fully saturated rings. The summed E-state index contributed by atoms with van der Waals surface area (Å²) in [5, 5.41) is 3.38. The lowest BCUT2D eigenvalue weighted by Crippen LogP contribution is -2.24. The number of benzene rings is 1. The highest BCUT2D eigenvalue weighted by atomic mass is 16.5. The van der Waals surface area contributed by atoms with Gasteiger partial charge in [-0.2, -0.15) is 0 Å². The molecule has 1 N–H and O–H groups in total. The Morgan fingerprint density at radius 3 is 2.42 bits per heavy atom. The molecule has 4 unspecified atom stereocenters. The molecule has 0 aliphatic heterocycles. The Hall–Kier alpha value is -1.61. The Bertz CT molecular complexity index is 612. The van der Waals surface area contributed by atoms with Crippen molar-refractivity contribution < 1.29 is 9.53 Å². The maximum Gasteiger partial charge on any atom is 0.314 e. The average Bonchev–Trinajstić information content (AvgIpc) is 3.15. The van der Waals surface area contributed by atoms with Crippen LogP contribution in [0.25, 0.3) is 0 Å². The Labute approximate surface area is 145 Å². The number of esters is 1. The molecule has 2 aliphatic rings. The standard InChI is InChI=1S/C21H29NO2/c1-21(2,3)13-19(22-4)15-7-9-17(10-8-15)24-20(23)18-12-14-5-6-16(18)11-14/h5-10,14,16,18-19,22H,11-13H2,1-4H3. The molecular weight excluding hydrogens is 298 g/mol. The third-order valence-corrected chi connectivity index (χ3v) is 5.25. The lowest BCUT2D eigenvalue weighted by atomic mass is 9.85. The molecule has 0 heterocycles. The van der Waals surface area contributed by atoms with Crippen molar-refractivity contribution in [2.75, 3.05) is 7.05 Å². The van der Waals surface area contributed by atoms with Crippen LogP contribution in [-0.4, -0.2) is 13.0 Å². The van der Waals surface area contributed by atoms with Gasteiger partial charge in [-0.25, -0.2) is 0 Å². The second-order valence-corrected chi connectivity index (χ2v) is 8.48. The van der Waals surface area contributed by atoms with Crippen LogP contribution < -0.4 is 10.1 Å². The first-order valence-corrected chi connectivity index (χ1v) is 9.03. The minimum absolute atomic E-state index is 0.0469. The Morgan fingerprint density at radius 1 is 1.21 bits per heavy atom. The normalized spacial score (nSPS) is 26.6. The number of carbonyl (C=O) groups is 1. The maximum absolute atomic E-state index is 12.4. The second-order valence-electron chi connectivity index (χ2n) is 8.48. The molecule has 1 saturated carbocycles. The van der Waals surface area contributed by atoms with Crippen molar-refractivity contribution in [2.24, 2.45) is 23.2 Å². The molecule has 0 spiro atoms. The van der Waals surface area contributed by atoms with Crippen LogP contribution in [0.2, 0.25) is 0 Å². The number of nitrogens with one attached hydrogen (secondary N) is 1. The predicted molar refractivity (Wildman–Crippen MR) is 96.8 cm³/mol. The monoisotopic (exact) mass is 327 g/mol. The summed E-state index contributed by atoms with van der Waals surface area (Å²) in [7, 11) is 1.99. The maximum atomic E-state index is 12.4. The van der Waals surface area contributed by atoms with Crippen molar-refractivity contribution in [3.63, 3.8) is 0 Å². The quantitative estimate of drug-likeness (QED) is 0.491. The number of hydrogen-bond donors (Lipinski definition) is 1. The van der Waals surface area contributed by atoms with Crippen molar-refractivity contribution in [2.45, 2.75) is 46.1 Å². The Kier molecular flexibility index (Phi) is 4.82. The van der Waals surface area contributed by atoms with E-state index in [4.69, 9.17) is 4.74 Å². The number of carbonyl (C=O) groups excluding carboxylic acids is 1. The van der Waals surface area contributed by atoms with Crippen LogP contribution in [-0.2, 0) is 4.79 Å². The number of allylic oxidation sites excluding steroid dienone is 2. The molecule has 2 aliphatic carbocycles. The third kappa shape index (κ3) is 3.89. The fraction of sp³-hybridized carbons (Fsp3) is 0.571. The lowest BCUT2D eigenvalue weighted by Gasteiger charge is -2.26. The van der Waals surface area contributed by atoms with Crippen molar-refractivity contribution in [3.8, 4) is 5.75 Å². The van der Waals surface area contributed by atoms with Gasteiger partial charge in [-0.15, -0.1) is 0 Å². The Balaban J connectivity index is 1.62. The molecule has 0 aromatic heterocycles. The molecule has 24 heavy (non-hydrogen) atoms. The van der Waals surface area contributed by atoms with Gasteiger partial charge in [-0.05, 0) is 61.3 Å². The molecule has 4 atom stereocenters. The molecule has 3 rings (SSSR count). The average molecular weight is 327 g/mol. The lowest BCUT2D eigenvalue weighted by molar-refractivity contribution is -0.139. The molecule has 0 radical (unpaired) electrons. The van der Waals surface area contributed by atoms with Gasteiger partial charge in [0.25, 0.3) is 0 Å². The summed E-state index contributed by atoms with van der Waals surface area (Å²) in [6.45, 7) is 6.74. The molecule has 1 aromatic carbocycles. The van der Waals surface area contributed by atoms with Crippen LogP contribution in [0.4, 0.5) is 0 Å². The van der Waals surface area contributed by atoms with E-state index in [0.29, 0.717) is 23.6 Å². The van der Waals surface area contributed by atoms with Crippen LogP contribution in [0.3, 0.4) is 0 Å². The van der Waals surface area contributed by atoms with Gasteiger partial charge in [-0.3, -0.25) is 4.79 Å². The van der Waals surface area contributed by atoms with E-state index in [1.165, 1.54) is 5.56 Å². The van der Waals surface area contributed by atoms with Crippen molar-refractivity contribution in [1.82, 2.24) is 5.32 Å². The van der Waals surface area contributed by atoms with Crippen LogP contribution in [0, 0.1) is 23.2 Å². The van der Waals surface area contributed by atoms with Crippen molar-refractivity contribution in [3.05, 3.63) is 42.0 Å². The van der Waals surface area contributed by atoms with Crippen LogP contribution in [0.15, 0.2) is 36.4 Å². The van der Waals surface area contributed by atoms with Crippen molar-refractivity contribution >= 4 is 5.97 Å². The molecule has 0 amide bonds. The van der Waals surface area contributed by atoms with E-state index < -0.39 is 0 Å². The minimum atomic E-state index is -0.0699. The summed E-state index contributed by atoms with van der Waals surface area (Å²) in [4.78, 5) is 12.4. The molecule has 130 valence electrons. The summed E-state index contributed by atoms with van der Waals surface area (Å²) < 4.78 is 5.63. The third-order valence-electron chi connectivity index (χ3n) is 5.25. The molecule has 2 bridgehead atoms. The van der Waals surface area contributed by atoms with Gasteiger partial charge < -0.3 is 10.1 Å². The fourth-order valence-electron chi connectivity index (χ4n) is 4.01. The van der Waals surface area contributed by atoms with Gasteiger partial charge in [-0.1, -0.05) is 45.1 Å². The first-order valence-electron chi connectivity index (χ1n) is 9.03. The molecule has 3 heteroatoms. The summed E-state index contributed by atoms with van der Waals surface area (Å²) in [5.41, 5.74) is 1.49. The number of hydrogen-bond acceptors (Lipinski definition) is 3. The second kappa shape index (κ2) is 6.72. The molecule has 1 aromatic rings. The Morgan fingerprint density at radius 2 is 1.92 bits per heavy atom. The number of fused-ring (bicyclic) bond motifs is 2. The SMILES string of the molecule is CNC(CC(C)(C)C)c1ccc(OC(=O)C2CC3C=CC2C3)cc1. The van der Waals surface area contributed by atoms with Gasteiger partial charge in [0, 0.05) is 6.04 Å². The fourth-order valence-corrected chi connectivity index (χ4v) is 4.01. The zero-order valence-corrected chi connectivity index (χ0v) is 15.2. The summed E-state index contributed by atoms with van der Waals surface area (Å²) in [6.07, 6.45) is 7.56. The smallest absolute Gasteiger partial charge is 0.314 e. The highest BCUT2D eigenvalue weighted by Crippen LogP contribution is 2.44. The van der Waals surface area contributed by atoms with E-state index in [2.05, 4.69) is 50.4 Å². The van der Waals surface area contributed by atoms with E-state index in [1.807, 2.05) is 19.2 Å². The van der Waals surface area contributed by atoms with E-state index in [-0.39, 0.29) is 17.3 Å². The largest absolute Gasteiger partial charge is 0.426 e. The van der Waals surface area contributed by atoms with Gasteiger partial charge in [0.1, 0.15) is 5.75 Å². The summed E-state index contributed by atoms with van der Waals surface area (Å²) in [6, 6.07) is 8.28. The van der Waals surface area contributed by atoms with Crippen LogP contribution in [0.1, 0.15) is 51.6 Å². The number of rotatable bonds is 5. The topological polar surface area (TPSA) is 38.3 Å². The highest BCUT2D eigenvalue weighted by molar-refractivity contribution is 5.76. The number of ether oxygens (including phenoxy) is 1. The van der Waals surface area contributed by atoms with Crippen LogP contribution >= 0.6 is 0 Å². The van der Waals surface area contributed by atoms with E-state index >= 15 is 0 Å². The van der Waals surface area contributed by atoms with Gasteiger partial charge in [0.05, 0.1) is 5.92 Å². The minimum Gasteiger partial charge on any atom is -0.426 e. The van der Waals surface area contributed by atoms with E-state index in [9.17, 15) is 4.79 Å². The van der Waals surface area contributed by atoms with E-state index in [1.54, 1.807) is 0 Å². The van der Waals surface area contributed by atoms with Crippen molar-refractivity contribution in [1.29, 1.82) is 0 Å².